The molecule has 2 amide bonds. The fraction of sp³-hybridized carbons (Fsp3) is 0.280. The highest BCUT2D eigenvalue weighted by atomic mass is 32.2. The number of sulfonamides is 1. The summed E-state index contributed by atoms with van der Waals surface area (Å²) in [4.78, 5) is 42.6. The number of esters is 1. The molecule has 2 heterocycles. The number of likely N-dealkylation sites (N-methyl/N-ethyl adjacent to an activating group) is 1. The van der Waals surface area contributed by atoms with Crippen molar-refractivity contribution in [1.82, 2.24) is 14.2 Å². The number of carbonyl (C=O) groups is 3. The lowest BCUT2D eigenvalue weighted by atomic mass is 10.0. The Kier molecular flexibility index (Phi) is 6.68. The van der Waals surface area contributed by atoms with E-state index in [1.165, 1.54) is 30.4 Å². The molecular weight excluding hydrogens is 470 g/mol. The number of rotatable bonds is 8. The highest BCUT2D eigenvalue weighted by molar-refractivity contribution is 7.89. The predicted molar refractivity (Wildman–Crippen MR) is 128 cm³/mol. The largest absolute Gasteiger partial charge is 0.464 e. The van der Waals surface area contributed by atoms with Gasteiger partial charge in [0, 0.05) is 25.9 Å². The Morgan fingerprint density at radius 3 is 2.43 bits per heavy atom. The maximum absolute atomic E-state index is 13.3. The molecule has 182 valence electrons. The van der Waals surface area contributed by atoms with Gasteiger partial charge in [0.2, 0.25) is 10.0 Å². The third-order valence-electron chi connectivity index (χ3n) is 5.94. The molecule has 0 saturated heterocycles. The van der Waals surface area contributed by atoms with Crippen molar-refractivity contribution in [2.75, 3.05) is 26.7 Å². The van der Waals surface area contributed by atoms with Crippen LogP contribution in [0.1, 0.15) is 38.9 Å². The fourth-order valence-electron chi connectivity index (χ4n) is 4.09. The summed E-state index contributed by atoms with van der Waals surface area (Å²) < 4.78 is 32.7. The van der Waals surface area contributed by atoms with E-state index < -0.39 is 27.8 Å². The number of nitrogens with zero attached hydrogens (tertiary/aromatic N) is 3. The van der Waals surface area contributed by atoms with Crippen molar-refractivity contribution in [3.63, 3.8) is 0 Å². The summed E-state index contributed by atoms with van der Waals surface area (Å²) in [5, 5.41) is 0.288. The number of ether oxygens (including phenoxy) is 1. The van der Waals surface area contributed by atoms with Crippen molar-refractivity contribution in [1.29, 1.82) is 0 Å². The van der Waals surface area contributed by atoms with Crippen molar-refractivity contribution in [2.45, 2.75) is 25.2 Å². The highest BCUT2D eigenvalue weighted by Gasteiger charge is 2.39. The Hall–Kier alpha value is -3.63. The molecule has 4 rings (SSSR count). The minimum absolute atomic E-state index is 0.00651. The lowest BCUT2D eigenvalue weighted by Gasteiger charge is -2.18. The van der Waals surface area contributed by atoms with Crippen LogP contribution < -0.4 is 0 Å². The third-order valence-corrected chi connectivity index (χ3v) is 7.79. The Balaban J connectivity index is 1.67. The maximum Gasteiger partial charge on any atom is 0.302 e. The first-order chi connectivity index (χ1) is 16.6. The van der Waals surface area contributed by atoms with E-state index in [9.17, 15) is 22.8 Å². The fourth-order valence-corrected chi connectivity index (χ4v) is 5.28. The monoisotopic (exact) mass is 495 g/mol. The van der Waals surface area contributed by atoms with Crippen LogP contribution >= 0.6 is 0 Å². The summed E-state index contributed by atoms with van der Waals surface area (Å²) >= 11 is 0. The smallest absolute Gasteiger partial charge is 0.302 e. The zero-order chi connectivity index (χ0) is 25.3. The van der Waals surface area contributed by atoms with E-state index in [1.54, 1.807) is 13.0 Å². The number of carbonyl (C=O) groups excluding carboxylic acids is 3. The third kappa shape index (κ3) is 4.67. The van der Waals surface area contributed by atoms with E-state index in [2.05, 4.69) is 4.98 Å². The number of imide groups is 1. The standard InChI is InChI=1S/C25H25N3O6S/c1-16-22-23(25(31)28(24(22)30)13-14-34-17(2)29)20-15-19(9-10-21(20)26-16)35(32,33)27(3)12-11-18-7-5-4-6-8-18/h4-10,15H,11-14H2,1-3H3. The van der Waals surface area contributed by atoms with Crippen LogP contribution in [0.3, 0.4) is 0 Å². The molecule has 0 spiro atoms. The van der Waals surface area contributed by atoms with E-state index in [0.29, 0.717) is 17.6 Å². The normalized spacial score (nSPS) is 13.5. The lowest BCUT2D eigenvalue weighted by molar-refractivity contribution is -0.141. The average Bonchev–Trinajstić information content (AvgIpc) is 3.08. The predicted octanol–water partition coefficient (Wildman–Crippen LogP) is 2.57. The van der Waals surface area contributed by atoms with E-state index >= 15 is 0 Å². The summed E-state index contributed by atoms with van der Waals surface area (Å²) in [6, 6.07) is 14.0. The first-order valence-corrected chi connectivity index (χ1v) is 12.5. The molecule has 0 unspecified atom stereocenters. The molecular formula is C25H25N3O6S. The zero-order valence-electron chi connectivity index (χ0n) is 19.6. The number of hydrogen-bond donors (Lipinski definition) is 0. The Bertz CT molecular complexity index is 1440. The van der Waals surface area contributed by atoms with Gasteiger partial charge in [-0.1, -0.05) is 30.3 Å². The van der Waals surface area contributed by atoms with Crippen LogP contribution in [0.25, 0.3) is 10.9 Å². The van der Waals surface area contributed by atoms with Gasteiger partial charge in [0.15, 0.2) is 0 Å². The first kappa shape index (κ1) is 24.5. The lowest BCUT2D eigenvalue weighted by Crippen LogP contribution is -2.33. The van der Waals surface area contributed by atoms with E-state index in [4.69, 9.17) is 4.74 Å². The molecule has 0 saturated carbocycles. The van der Waals surface area contributed by atoms with Crippen molar-refractivity contribution in [3.8, 4) is 0 Å². The van der Waals surface area contributed by atoms with Gasteiger partial charge in [-0.15, -0.1) is 0 Å². The van der Waals surface area contributed by atoms with Crippen LogP contribution in [0.2, 0.25) is 0 Å². The number of fused-ring (bicyclic) bond motifs is 3. The summed E-state index contributed by atoms with van der Waals surface area (Å²) in [6.45, 7) is 2.91. The van der Waals surface area contributed by atoms with E-state index in [0.717, 1.165) is 10.5 Å². The van der Waals surface area contributed by atoms with Gasteiger partial charge in [-0.25, -0.2) is 12.7 Å². The minimum atomic E-state index is -3.86. The summed E-state index contributed by atoms with van der Waals surface area (Å²) in [6.07, 6.45) is 0.546. The van der Waals surface area contributed by atoms with Crippen LogP contribution in [0.5, 0.6) is 0 Å². The molecule has 1 aliphatic rings. The van der Waals surface area contributed by atoms with Crippen molar-refractivity contribution in [2.24, 2.45) is 0 Å². The Morgan fingerprint density at radius 1 is 1.06 bits per heavy atom. The van der Waals surface area contributed by atoms with E-state index in [-0.39, 0.29) is 41.1 Å². The van der Waals surface area contributed by atoms with Crippen molar-refractivity contribution < 1.29 is 27.5 Å². The van der Waals surface area contributed by atoms with Gasteiger partial charge in [0.1, 0.15) is 6.61 Å². The second kappa shape index (κ2) is 9.55. The molecule has 1 aliphatic heterocycles. The first-order valence-electron chi connectivity index (χ1n) is 11.1. The van der Waals surface area contributed by atoms with Gasteiger partial charge < -0.3 is 4.74 Å². The van der Waals surface area contributed by atoms with Gasteiger partial charge in [0.25, 0.3) is 11.8 Å². The zero-order valence-corrected chi connectivity index (χ0v) is 20.5. The molecule has 0 radical (unpaired) electrons. The number of amides is 2. The van der Waals surface area contributed by atoms with Crippen LogP contribution in [0.15, 0.2) is 53.4 Å². The number of benzene rings is 2. The summed E-state index contributed by atoms with van der Waals surface area (Å²) in [5.41, 5.74) is 2.05. The number of pyridine rings is 1. The van der Waals surface area contributed by atoms with Crippen molar-refractivity contribution in [3.05, 3.63) is 70.9 Å². The molecule has 35 heavy (non-hydrogen) atoms. The summed E-state index contributed by atoms with van der Waals surface area (Å²) in [7, 11) is -2.35. The SMILES string of the molecule is CC(=O)OCCN1C(=O)c2c(C)nc3ccc(S(=O)(=O)N(C)CCc4ccccc4)cc3c2C1=O. The minimum Gasteiger partial charge on any atom is -0.464 e. The second-order valence-corrected chi connectivity index (χ2v) is 10.3. The van der Waals surface area contributed by atoms with Gasteiger partial charge >= 0.3 is 5.97 Å². The average molecular weight is 496 g/mol. The van der Waals surface area contributed by atoms with Crippen LogP contribution in [0.4, 0.5) is 0 Å². The quantitative estimate of drug-likeness (QED) is 0.349. The molecule has 3 aromatic rings. The van der Waals surface area contributed by atoms with Crippen LogP contribution in [0, 0.1) is 6.92 Å². The van der Waals surface area contributed by atoms with E-state index in [1.807, 2.05) is 30.3 Å². The molecule has 0 N–H and O–H groups in total. The maximum atomic E-state index is 13.3. The number of hydrogen-bond acceptors (Lipinski definition) is 7. The Morgan fingerprint density at radius 2 is 1.74 bits per heavy atom. The molecule has 10 heteroatoms. The Labute approximate surface area is 203 Å². The van der Waals surface area contributed by atoms with Crippen LogP contribution in [-0.2, 0) is 26.0 Å². The molecule has 1 aromatic heterocycles. The highest BCUT2D eigenvalue weighted by Crippen LogP contribution is 2.33. The van der Waals surface area contributed by atoms with Crippen LogP contribution in [-0.4, -0.2) is 67.1 Å². The van der Waals surface area contributed by atoms with Gasteiger partial charge in [0.05, 0.1) is 33.8 Å². The number of aromatic nitrogens is 1. The second-order valence-electron chi connectivity index (χ2n) is 8.29. The number of aryl methyl sites for hydroxylation is 1. The topological polar surface area (TPSA) is 114 Å². The van der Waals surface area contributed by atoms with Crippen molar-refractivity contribution >= 4 is 38.7 Å². The summed E-state index contributed by atoms with van der Waals surface area (Å²) in [5.74, 6) is -1.63. The molecule has 0 atom stereocenters. The molecule has 2 aromatic carbocycles. The van der Waals surface area contributed by atoms with Gasteiger partial charge in [-0.3, -0.25) is 24.3 Å². The van der Waals surface area contributed by atoms with Gasteiger partial charge in [-0.05, 0) is 37.1 Å². The van der Waals surface area contributed by atoms with Gasteiger partial charge in [-0.2, -0.15) is 0 Å². The molecule has 0 fully saturated rings. The molecule has 0 bridgehead atoms. The molecule has 0 aliphatic carbocycles. The molecule has 9 nitrogen and oxygen atoms in total.